The fraction of sp³-hybridized carbons (Fsp3) is 0.333. The van der Waals surface area contributed by atoms with E-state index >= 15 is 0 Å². The van der Waals surface area contributed by atoms with Gasteiger partial charge in [0.05, 0.1) is 6.61 Å². The topological polar surface area (TPSA) is 81.9 Å². The van der Waals surface area contributed by atoms with Gasteiger partial charge in [-0.1, -0.05) is 30.3 Å². The molecule has 1 aromatic carbocycles. The Labute approximate surface area is 110 Å². The number of carbonyl (C=O) groups is 1. The Balaban J connectivity index is 2.11. The highest BCUT2D eigenvalue weighted by Gasteiger charge is 2.18. The van der Waals surface area contributed by atoms with Crippen molar-refractivity contribution in [2.45, 2.75) is 19.9 Å². The predicted molar refractivity (Wildman–Crippen MR) is 67.7 cm³/mol. The van der Waals surface area contributed by atoms with Crippen molar-refractivity contribution in [3.05, 3.63) is 30.3 Å². The van der Waals surface area contributed by atoms with Crippen molar-refractivity contribution in [3.8, 4) is 11.4 Å². The van der Waals surface area contributed by atoms with Gasteiger partial charge in [-0.2, -0.15) is 4.80 Å². The number of tetrazole rings is 1. The summed E-state index contributed by atoms with van der Waals surface area (Å²) in [6.45, 7) is 3.86. The Kier molecular flexibility index (Phi) is 4.19. The molecule has 19 heavy (non-hydrogen) atoms. The van der Waals surface area contributed by atoms with Gasteiger partial charge >= 0.3 is 0 Å². The number of nitrogens with zero attached hydrogens (tertiary/aromatic N) is 4. The van der Waals surface area contributed by atoms with Crippen molar-refractivity contribution in [1.82, 2.24) is 25.7 Å². The fourth-order valence-electron chi connectivity index (χ4n) is 1.43. The third-order valence-corrected chi connectivity index (χ3v) is 2.50. The number of amides is 1. The van der Waals surface area contributed by atoms with Crippen molar-refractivity contribution in [2.75, 3.05) is 6.61 Å². The van der Waals surface area contributed by atoms with E-state index in [0.717, 1.165) is 5.56 Å². The number of hydrogen-bond acceptors (Lipinski definition) is 5. The molecule has 7 heteroatoms. The maximum Gasteiger partial charge on any atom is 0.270 e. The standard InChI is InChI=1S/C12H15N5O2/c1-3-19-15-12(18)9(2)17-14-11(13-16-17)10-7-5-4-6-8-10/h4-9H,3H2,1-2H3,(H,15,18). The third-order valence-electron chi connectivity index (χ3n) is 2.50. The van der Waals surface area contributed by atoms with E-state index in [1.165, 1.54) is 4.80 Å². The lowest BCUT2D eigenvalue weighted by atomic mass is 10.2. The summed E-state index contributed by atoms with van der Waals surface area (Å²) in [5.74, 6) is 0.163. The van der Waals surface area contributed by atoms with Gasteiger partial charge in [0.25, 0.3) is 5.91 Å². The molecule has 100 valence electrons. The monoisotopic (exact) mass is 261 g/mol. The number of benzene rings is 1. The van der Waals surface area contributed by atoms with Crippen molar-refractivity contribution in [2.24, 2.45) is 0 Å². The van der Waals surface area contributed by atoms with Gasteiger partial charge in [0.2, 0.25) is 5.82 Å². The molecule has 1 atom stereocenters. The van der Waals surface area contributed by atoms with E-state index in [-0.39, 0.29) is 5.91 Å². The maximum absolute atomic E-state index is 11.7. The molecule has 2 rings (SSSR count). The van der Waals surface area contributed by atoms with Crippen LogP contribution >= 0.6 is 0 Å². The molecule has 1 aromatic heterocycles. The lowest BCUT2D eigenvalue weighted by Crippen LogP contribution is -2.32. The summed E-state index contributed by atoms with van der Waals surface area (Å²) in [5, 5.41) is 12.0. The van der Waals surface area contributed by atoms with Crippen LogP contribution in [0.1, 0.15) is 19.9 Å². The van der Waals surface area contributed by atoms with Gasteiger partial charge in [0.1, 0.15) is 0 Å². The lowest BCUT2D eigenvalue weighted by molar-refractivity contribution is -0.136. The predicted octanol–water partition coefficient (Wildman–Crippen LogP) is 0.969. The number of aromatic nitrogens is 4. The molecule has 0 saturated carbocycles. The van der Waals surface area contributed by atoms with Gasteiger partial charge in [-0.15, -0.1) is 10.2 Å². The number of rotatable bonds is 5. The summed E-state index contributed by atoms with van der Waals surface area (Å²) in [7, 11) is 0. The third kappa shape index (κ3) is 3.14. The molecule has 0 aliphatic heterocycles. The van der Waals surface area contributed by atoms with Crippen LogP contribution in [0.25, 0.3) is 11.4 Å². The summed E-state index contributed by atoms with van der Waals surface area (Å²) in [6, 6.07) is 8.86. The minimum Gasteiger partial charge on any atom is -0.274 e. The van der Waals surface area contributed by atoms with Crippen LogP contribution in [0.2, 0.25) is 0 Å². The van der Waals surface area contributed by atoms with E-state index in [0.29, 0.717) is 12.4 Å². The van der Waals surface area contributed by atoms with Crippen LogP contribution in [0, 0.1) is 0 Å². The number of nitrogens with one attached hydrogen (secondary N) is 1. The number of hydroxylamine groups is 1. The fourth-order valence-corrected chi connectivity index (χ4v) is 1.43. The second kappa shape index (κ2) is 6.05. The normalized spacial score (nSPS) is 12.1. The molecule has 1 heterocycles. The van der Waals surface area contributed by atoms with Crippen LogP contribution in [-0.2, 0) is 9.63 Å². The van der Waals surface area contributed by atoms with E-state index in [1.54, 1.807) is 13.8 Å². The summed E-state index contributed by atoms with van der Waals surface area (Å²) in [4.78, 5) is 17.8. The Morgan fingerprint density at radius 1 is 1.42 bits per heavy atom. The van der Waals surface area contributed by atoms with Crippen LogP contribution in [-0.4, -0.2) is 32.7 Å². The minimum atomic E-state index is -0.587. The summed E-state index contributed by atoms with van der Waals surface area (Å²) >= 11 is 0. The second-order valence-electron chi connectivity index (χ2n) is 3.87. The van der Waals surface area contributed by atoms with Gasteiger partial charge in [0.15, 0.2) is 6.04 Å². The zero-order valence-electron chi connectivity index (χ0n) is 10.8. The molecule has 7 nitrogen and oxygen atoms in total. The van der Waals surface area contributed by atoms with E-state index < -0.39 is 6.04 Å². The molecular weight excluding hydrogens is 246 g/mol. The molecule has 0 aliphatic carbocycles. The molecule has 1 amide bonds. The Morgan fingerprint density at radius 2 is 2.16 bits per heavy atom. The summed E-state index contributed by atoms with van der Waals surface area (Å²) in [5.41, 5.74) is 3.16. The molecule has 0 bridgehead atoms. The SMILES string of the molecule is CCONC(=O)C(C)n1nnc(-c2ccccc2)n1. The van der Waals surface area contributed by atoms with Crippen molar-refractivity contribution in [1.29, 1.82) is 0 Å². The zero-order valence-corrected chi connectivity index (χ0v) is 10.8. The largest absolute Gasteiger partial charge is 0.274 e. The molecule has 1 unspecified atom stereocenters. The lowest BCUT2D eigenvalue weighted by Gasteiger charge is -2.09. The highest BCUT2D eigenvalue weighted by atomic mass is 16.6. The van der Waals surface area contributed by atoms with Gasteiger partial charge < -0.3 is 0 Å². The number of hydrogen-bond donors (Lipinski definition) is 1. The van der Waals surface area contributed by atoms with E-state index in [4.69, 9.17) is 4.84 Å². The first-order chi connectivity index (χ1) is 9.22. The summed E-state index contributed by atoms with van der Waals surface area (Å²) < 4.78 is 0. The maximum atomic E-state index is 11.7. The van der Waals surface area contributed by atoms with Crippen LogP contribution in [0.5, 0.6) is 0 Å². The molecule has 0 spiro atoms. The summed E-state index contributed by atoms with van der Waals surface area (Å²) in [6.07, 6.45) is 0. The highest BCUT2D eigenvalue weighted by Crippen LogP contribution is 2.13. The molecule has 0 saturated heterocycles. The van der Waals surface area contributed by atoms with Gasteiger partial charge in [0, 0.05) is 5.56 Å². The molecule has 0 radical (unpaired) electrons. The first-order valence-corrected chi connectivity index (χ1v) is 5.99. The second-order valence-corrected chi connectivity index (χ2v) is 3.87. The van der Waals surface area contributed by atoms with Gasteiger partial charge in [-0.3, -0.25) is 9.63 Å². The first-order valence-electron chi connectivity index (χ1n) is 5.99. The van der Waals surface area contributed by atoms with Crippen molar-refractivity contribution in [3.63, 3.8) is 0 Å². The molecule has 2 aromatic rings. The Hall–Kier alpha value is -2.28. The molecule has 0 aliphatic rings. The van der Waals surface area contributed by atoms with Crippen LogP contribution in [0.15, 0.2) is 30.3 Å². The van der Waals surface area contributed by atoms with Crippen molar-refractivity contribution < 1.29 is 9.63 Å². The van der Waals surface area contributed by atoms with Gasteiger partial charge in [-0.25, -0.2) is 5.48 Å². The minimum absolute atomic E-state index is 0.320. The van der Waals surface area contributed by atoms with E-state index in [9.17, 15) is 4.79 Å². The quantitative estimate of drug-likeness (QED) is 0.811. The average molecular weight is 261 g/mol. The van der Waals surface area contributed by atoms with E-state index in [2.05, 4.69) is 20.9 Å². The molecule has 0 fully saturated rings. The molecule has 1 N–H and O–H groups in total. The Morgan fingerprint density at radius 3 is 2.84 bits per heavy atom. The van der Waals surface area contributed by atoms with Crippen LogP contribution < -0.4 is 5.48 Å². The Bertz CT molecular complexity index is 540. The first kappa shape index (κ1) is 13.2. The highest BCUT2D eigenvalue weighted by molar-refractivity contribution is 5.78. The molecular formula is C12H15N5O2. The smallest absolute Gasteiger partial charge is 0.270 e. The van der Waals surface area contributed by atoms with E-state index in [1.807, 2.05) is 30.3 Å². The van der Waals surface area contributed by atoms with Crippen LogP contribution in [0.3, 0.4) is 0 Å². The number of carbonyl (C=O) groups excluding carboxylic acids is 1. The van der Waals surface area contributed by atoms with Crippen molar-refractivity contribution >= 4 is 5.91 Å². The van der Waals surface area contributed by atoms with Crippen LogP contribution in [0.4, 0.5) is 0 Å². The zero-order chi connectivity index (χ0) is 13.7. The average Bonchev–Trinajstić information content (AvgIpc) is 2.94. The van der Waals surface area contributed by atoms with Gasteiger partial charge in [-0.05, 0) is 19.1 Å².